The zero-order valence-corrected chi connectivity index (χ0v) is 13.5. The van der Waals surface area contributed by atoms with Crippen molar-refractivity contribution in [2.75, 3.05) is 31.5 Å². The number of ether oxygens (including phenoxy) is 1. The molecule has 0 spiro atoms. The number of alkyl halides is 3. The molecule has 0 saturated carbocycles. The van der Waals surface area contributed by atoms with E-state index >= 15 is 0 Å². The number of guanidine groups is 1. The second-order valence-corrected chi connectivity index (χ2v) is 5.72. The minimum atomic E-state index is -4.69. The summed E-state index contributed by atoms with van der Waals surface area (Å²) < 4.78 is 40.1. The average molecular weight is 344 g/mol. The van der Waals surface area contributed by atoms with E-state index in [9.17, 15) is 13.2 Å². The average Bonchev–Trinajstić information content (AvgIpc) is 2.77. The van der Waals surface area contributed by atoms with Crippen LogP contribution in [0, 0.1) is 0 Å². The van der Waals surface area contributed by atoms with Crippen molar-refractivity contribution in [3.63, 3.8) is 0 Å². The standard InChI is InChI=1S/C16H23F3N4O/c17-16(18,19)24-14-7-5-13(6-8-14)22-15(20)21-9-12-23-10-3-1-2-4-11-23/h5-8H,1-4,9-12H2,(H3,20,21,22). The van der Waals surface area contributed by atoms with Crippen LogP contribution in [-0.2, 0) is 0 Å². The van der Waals surface area contributed by atoms with E-state index in [2.05, 4.69) is 19.9 Å². The maximum atomic E-state index is 12.1. The van der Waals surface area contributed by atoms with Crippen LogP contribution in [0.1, 0.15) is 25.7 Å². The molecule has 0 bridgehead atoms. The zero-order valence-electron chi connectivity index (χ0n) is 13.5. The summed E-state index contributed by atoms with van der Waals surface area (Å²) in [7, 11) is 0. The Morgan fingerprint density at radius 1 is 1.12 bits per heavy atom. The van der Waals surface area contributed by atoms with Crippen molar-refractivity contribution in [3.8, 4) is 5.75 Å². The van der Waals surface area contributed by atoms with Gasteiger partial charge in [-0.05, 0) is 50.2 Å². The number of halogens is 3. The molecule has 1 aromatic carbocycles. The summed E-state index contributed by atoms with van der Waals surface area (Å²) in [6.07, 6.45) is 0.339. The number of likely N-dealkylation sites (tertiary alicyclic amines) is 1. The molecule has 1 saturated heterocycles. The molecule has 0 radical (unpaired) electrons. The van der Waals surface area contributed by atoms with Gasteiger partial charge in [0.25, 0.3) is 0 Å². The zero-order chi connectivity index (χ0) is 17.4. The number of benzene rings is 1. The van der Waals surface area contributed by atoms with Crippen LogP contribution in [0.4, 0.5) is 18.9 Å². The normalized spacial score (nSPS) is 17.4. The van der Waals surface area contributed by atoms with Gasteiger partial charge >= 0.3 is 6.36 Å². The number of hydrogen-bond acceptors (Lipinski definition) is 3. The van der Waals surface area contributed by atoms with Crippen molar-refractivity contribution in [1.29, 1.82) is 0 Å². The van der Waals surface area contributed by atoms with Crippen molar-refractivity contribution >= 4 is 11.6 Å². The van der Waals surface area contributed by atoms with Crippen LogP contribution in [0.15, 0.2) is 29.3 Å². The fourth-order valence-electron chi connectivity index (χ4n) is 2.60. The van der Waals surface area contributed by atoms with Gasteiger partial charge in [-0.2, -0.15) is 0 Å². The Kier molecular flexibility index (Phi) is 6.72. The lowest BCUT2D eigenvalue weighted by atomic mass is 10.2. The Balaban J connectivity index is 1.77. The Labute approximate surface area is 139 Å². The molecule has 5 nitrogen and oxygen atoms in total. The third-order valence-electron chi connectivity index (χ3n) is 3.76. The van der Waals surface area contributed by atoms with Crippen molar-refractivity contribution in [1.82, 2.24) is 4.90 Å². The van der Waals surface area contributed by atoms with E-state index in [1.54, 1.807) is 0 Å². The Hall–Kier alpha value is -1.96. The van der Waals surface area contributed by atoms with Crippen LogP contribution in [0.25, 0.3) is 0 Å². The molecule has 1 heterocycles. The number of aliphatic imine (C=N–C) groups is 1. The Morgan fingerprint density at radius 3 is 2.33 bits per heavy atom. The van der Waals surface area contributed by atoms with Crippen molar-refractivity contribution in [2.24, 2.45) is 10.7 Å². The van der Waals surface area contributed by atoms with E-state index in [4.69, 9.17) is 5.73 Å². The van der Waals surface area contributed by atoms with Gasteiger partial charge in [0.2, 0.25) is 0 Å². The van der Waals surface area contributed by atoms with E-state index in [-0.39, 0.29) is 11.7 Å². The van der Waals surface area contributed by atoms with E-state index < -0.39 is 6.36 Å². The largest absolute Gasteiger partial charge is 0.573 e. The molecule has 0 aromatic heterocycles. The van der Waals surface area contributed by atoms with Crippen LogP contribution in [0.2, 0.25) is 0 Å². The first kappa shape index (κ1) is 18.4. The van der Waals surface area contributed by atoms with Gasteiger partial charge in [-0.3, -0.25) is 4.99 Å². The van der Waals surface area contributed by atoms with Gasteiger partial charge in [0.05, 0.1) is 6.54 Å². The predicted octanol–water partition coefficient (Wildman–Crippen LogP) is 3.19. The molecule has 1 aliphatic heterocycles. The first-order valence-corrected chi connectivity index (χ1v) is 8.07. The predicted molar refractivity (Wildman–Crippen MR) is 88.1 cm³/mol. The molecule has 0 unspecified atom stereocenters. The van der Waals surface area contributed by atoms with E-state index in [0.29, 0.717) is 12.2 Å². The molecular formula is C16H23F3N4O. The van der Waals surface area contributed by atoms with Crippen LogP contribution in [0.3, 0.4) is 0 Å². The van der Waals surface area contributed by atoms with Gasteiger partial charge < -0.3 is 20.7 Å². The summed E-state index contributed by atoms with van der Waals surface area (Å²) in [5.74, 6) is -0.0287. The summed E-state index contributed by atoms with van der Waals surface area (Å²) in [5.41, 5.74) is 6.36. The van der Waals surface area contributed by atoms with Gasteiger partial charge in [-0.25, -0.2) is 0 Å². The smallest absolute Gasteiger partial charge is 0.406 e. The summed E-state index contributed by atoms with van der Waals surface area (Å²) in [6, 6.07) is 5.36. The highest BCUT2D eigenvalue weighted by molar-refractivity contribution is 5.92. The minimum Gasteiger partial charge on any atom is -0.406 e. The third kappa shape index (κ3) is 7.08. The topological polar surface area (TPSA) is 62.9 Å². The Morgan fingerprint density at radius 2 is 1.75 bits per heavy atom. The minimum absolute atomic E-state index is 0.245. The van der Waals surface area contributed by atoms with E-state index in [1.807, 2.05) is 0 Å². The molecule has 0 amide bonds. The number of anilines is 1. The van der Waals surface area contributed by atoms with Crippen molar-refractivity contribution < 1.29 is 17.9 Å². The summed E-state index contributed by atoms with van der Waals surface area (Å²) >= 11 is 0. The van der Waals surface area contributed by atoms with Crippen molar-refractivity contribution in [3.05, 3.63) is 24.3 Å². The first-order valence-electron chi connectivity index (χ1n) is 8.07. The highest BCUT2D eigenvalue weighted by atomic mass is 19.4. The highest BCUT2D eigenvalue weighted by Crippen LogP contribution is 2.23. The molecule has 0 atom stereocenters. The molecular weight excluding hydrogens is 321 g/mol. The van der Waals surface area contributed by atoms with Gasteiger partial charge in [0, 0.05) is 12.2 Å². The second-order valence-electron chi connectivity index (χ2n) is 5.72. The van der Waals surface area contributed by atoms with Crippen LogP contribution in [0.5, 0.6) is 5.75 Å². The van der Waals surface area contributed by atoms with E-state index in [1.165, 1.54) is 49.9 Å². The highest BCUT2D eigenvalue weighted by Gasteiger charge is 2.30. The quantitative estimate of drug-likeness (QED) is 0.636. The summed E-state index contributed by atoms with van der Waals surface area (Å²) in [5, 5.41) is 2.85. The lowest BCUT2D eigenvalue weighted by molar-refractivity contribution is -0.274. The number of nitrogens with two attached hydrogens (primary N) is 1. The number of nitrogens with one attached hydrogen (secondary N) is 1. The molecule has 134 valence electrons. The SMILES string of the molecule is NC(=NCCN1CCCCCC1)Nc1ccc(OC(F)(F)F)cc1. The lowest BCUT2D eigenvalue weighted by Gasteiger charge is -2.18. The number of rotatable bonds is 5. The van der Waals surface area contributed by atoms with E-state index in [0.717, 1.165) is 19.6 Å². The first-order chi connectivity index (χ1) is 11.4. The maximum absolute atomic E-state index is 12.1. The second kappa shape index (κ2) is 8.77. The lowest BCUT2D eigenvalue weighted by Crippen LogP contribution is -2.29. The molecule has 3 N–H and O–H groups in total. The van der Waals surface area contributed by atoms with Gasteiger partial charge in [-0.15, -0.1) is 13.2 Å². The van der Waals surface area contributed by atoms with Gasteiger partial charge in [0.1, 0.15) is 5.75 Å². The fourth-order valence-corrected chi connectivity index (χ4v) is 2.60. The molecule has 1 fully saturated rings. The fraction of sp³-hybridized carbons (Fsp3) is 0.562. The molecule has 2 rings (SSSR count). The van der Waals surface area contributed by atoms with Crippen molar-refractivity contribution in [2.45, 2.75) is 32.0 Å². The maximum Gasteiger partial charge on any atom is 0.573 e. The van der Waals surface area contributed by atoms with Gasteiger partial charge in [0.15, 0.2) is 5.96 Å². The number of nitrogens with zero attached hydrogens (tertiary/aromatic N) is 2. The third-order valence-corrected chi connectivity index (χ3v) is 3.76. The number of hydrogen-bond donors (Lipinski definition) is 2. The summed E-state index contributed by atoms with van der Waals surface area (Å²) in [4.78, 5) is 6.64. The monoisotopic (exact) mass is 344 g/mol. The van der Waals surface area contributed by atoms with Crippen LogP contribution >= 0.6 is 0 Å². The van der Waals surface area contributed by atoms with Crippen LogP contribution < -0.4 is 15.8 Å². The molecule has 24 heavy (non-hydrogen) atoms. The molecule has 0 aliphatic carbocycles. The molecule has 8 heteroatoms. The summed E-state index contributed by atoms with van der Waals surface area (Å²) in [6.45, 7) is 3.65. The van der Waals surface area contributed by atoms with Crippen LogP contribution in [-0.4, -0.2) is 43.4 Å². The Bertz CT molecular complexity index is 523. The molecule has 1 aliphatic rings. The molecule has 1 aromatic rings. The van der Waals surface area contributed by atoms with Gasteiger partial charge in [-0.1, -0.05) is 12.8 Å².